The molecule has 0 aromatic carbocycles. The summed E-state index contributed by atoms with van der Waals surface area (Å²) in [7, 11) is 0. The lowest BCUT2D eigenvalue weighted by Gasteiger charge is -2.46. The summed E-state index contributed by atoms with van der Waals surface area (Å²) in [5.41, 5.74) is -20.5. The van der Waals surface area contributed by atoms with Gasteiger partial charge in [0.1, 0.15) is 22.2 Å². The molecule has 2 aliphatic rings. The molecule has 0 atom stereocenters. The van der Waals surface area contributed by atoms with E-state index in [1.807, 2.05) is 0 Å². The van der Waals surface area contributed by atoms with Crippen molar-refractivity contribution in [3.8, 4) is 0 Å². The van der Waals surface area contributed by atoms with E-state index >= 15 is 0 Å². The molecule has 2 aliphatic carbocycles. The van der Waals surface area contributed by atoms with Crippen molar-refractivity contribution in [1.29, 1.82) is 0 Å². The molecular formula is C35H60N4O20. The van der Waals surface area contributed by atoms with Gasteiger partial charge in [-0.05, 0) is 46.0 Å². The molecule has 0 aliphatic heterocycles. The monoisotopic (exact) mass is 856 g/mol. The quantitative estimate of drug-likeness (QED) is 0.0284. The summed E-state index contributed by atoms with van der Waals surface area (Å²) < 4.78 is 10.6. The zero-order chi connectivity index (χ0) is 45.1. The Morgan fingerprint density at radius 1 is 0.407 bits per heavy atom. The topological polar surface area (TPSA) is 412 Å². The van der Waals surface area contributed by atoms with Gasteiger partial charge in [-0.1, -0.05) is 0 Å². The van der Waals surface area contributed by atoms with E-state index in [4.69, 9.17) is 9.47 Å². The fourth-order valence-electron chi connectivity index (χ4n) is 8.09. The molecule has 0 radical (unpaired) electrons. The van der Waals surface area contributed by atoms with Crippen LogP contribution in [0.25, 0.3) is 0 Å². The van der Waals surface area contributed by atoms with Gasteiger partial charge in [0.2, 0.25) is 34.5 Å². The molecule has 4 amide bonds. The molecule has 16 N–H and O–H groups in total. The highest BCUT2D eigenvalue weighted by molar-refractivity contribution is 6.24. The molecule has 0 aromatic rings. The normalized spacial score (nSPS) is 19.8. The number of hydrogen-bond acceptors (Lipinski definition) is 20. The van der Waals surface area contributed by atoms with Crippen LogP contribution >= 0.6 is 0 Å². The van der Waals surface area contributed by atoms with Crippen molar-refractivity contribution in [1.82, 2.24) is 21.3 Å². The molecule has 59 heavy (non-hydrogen) atoms. The number of esters is 2. The Labute approximate surface area is 338 Å². The zero-order valence-corrected chi connectivity index (χ0v) is 33.1. The van der Waals surface area contributed by atoms with Crippen LogP contribution in [0.3, 0.4) is 0 Å². The van der Waals surface area contributed by atoms with Crippen LogP contribution in [0.2, 0.25) is 0 Å². The first-order chi connectivity index (χ1) is 27.8. The average Bonchev–Trinajstić information content (AvgIpc) is 3.82. The van der Waals surface area contributed by atoms with Crippen molar-refractivity contribution < 1.29 is 99.5 Å². The smallest absolute Gasteiger partial charge is 0.331 e. The average molecular weight is 857 g/mol. The fraction of sp³-hybridized carbons (Fsp3) is 0.829. The Morgan fingerprint density at radius 3 is 0.746 bits per heavy atom. The van der Waals surface area contributed by atoms with E-state index in [1.165, 1.54) is 13.8 Å². The molecule has 0 saturated heterocycles. The Kier molecular flexibility index (Phi) is 17.7. The number of hydrogen-bond donors (Lipinski definition) is 16. The highest BCUT2D eigenvalue weighted by Gasteiger charge is 2.81. The third kappa shape index (κ3) is 8.50. The van der Waals surface area contributed by atoms with Crippen LogP contribution in [0.5, 0.6) is 0 Å². The molecule has 24 nitrogen and oxygen atoms in total. The number of ether oxygens (including phenoxy) is 2. The van der Waals surface area contributed by atoms with Crippen molar-refractivity contribution in [3.05, 3.63) is 0 Å². The van der Waals surface area contributed by atoms with Crippen molar-refractivity contribution in [3.63, 3.8) is 0 Å². The second-order valence-corrected chi connectivity index (χ2v) is 15.5. The van der Waals surface area contributed by atoms with Gasteiger partial charge in [0.15, 0.2) is 0 Å². The second-order valence-electron chi connectivity index (χ2n) is 15.5. The minimum absolute atomic E-state index is 0.520. The first kappa shape index (κ1) is 51.5. The predicted molar refractivity (Wildman–Crippen MR) is 195 cm³/mol. The minimum atomic E-state index is -3.32. The lowest BCUT2D eigenvalue weighted by Crippen LogP contribution is -2.72. The first-order valence-electron chi connectivity index (χ1n) is 18.8. The van der Waals surface area contributed by atoms with E-state index in [1.54, 1.807) is 0 Å². The van der Waals surface area contributed by atoms with Gasteiger partial charge in [0.05, 0.1) is 92.5 Å². The van der Waals surface area contributed by atoms with Crippen molar-refractivity contribution >= 4 is 35.6 Å². The van der Waals surface area contributed by atoms with Crippen LogP contribution in [0.15, 0.2) is 0 Å². The van der Waals surface area contributed by atoms with E-state index < -0.39 is 204 Å². The van der Waals surface area contributed by atoms with Crippen LogP contribution in [-0.2, 0) is 38.2 Å². The van der Waals surface area contributed by atoms with Gasteiger partial charge >= 0.3 is 11.9 Å². The molecule has 0 aromatic heterocycles. The molecule has 0 unspecified atom stereocenters. The lowest BCUT2D eigenvalue weighted by molar-refractivity contribution is -0.180. The van der Waals surface area contributed by atoms with Gasteiger partial charge in [0, 0.05) is 10.8 Å². The van der Waals surface area contributed by atoms with E-state index in [-0.39, 0.29) is 0 Å². The highest BCUT2D eigenvalue weighted by atomic mass is 16.5. The largest absolute Gasteiger partial charge is 0.465 e. The molecule has 2 rings (SSSR count). The van der Waals surface area contributed by atoms with Gasteiger partial charge in [-0.2, -0.15) is 0 Å². The third-order valence-corrected chi connectivity index (χ3v) is 12.1. The van der Waals surface area contributed by atoms with Gasteiger partial charge < -0.3 is 92.0 Å². The summed E-state index contributed by atoms with van der Waals surface area (Å²) in [5, 5.41) is 130. The summed E-state index contributed by atoms with van der Waals surface area (Å²) in [6.07, 6.45) is -3.08. The van der Waals surface area contributed by atoms with Crippen molar-refractivity contribution in [2.45, 2.75) is 68.1 Å². The molecule has 2 bridgehead atoms. The van der Waals surface area contributed by atoms with Gasteiger partial charge in [-0.3, -0.25) is 28.8 Å². The summed E-state index contributed by atoms with van der Waals surface area (Å²) in [6, 6.07) is 0. The molecule has 2 fully saturated rings. The number of aliphatic hydroxyl groups excluding tert-OH is 12. The van der Waals surface area contributed by atoms with Crippen molar-refractivity contribution in [2.75, 3.05) is 92.5 Å². The number of fused-ring (bicyclic) bond motifs is 2. The summed E-state index contributed by atoms with van der Waals surface area (Å²) >= 11 is 0. The van der Waals surface area contributed by atoms with Crippen molar-refractivity contribution in [2.24, 2.45) is 21.7 Å². The van der Waals surface area contributed by atoms with Gasteiger partial charge in [-0.15, -0.1) is 0 Å². The Balaban J connectivity index is 3.23. The van der Waals surface area contributed by atoms with E-state index in [0.717, 1.165) is 0 Å². The second kappa shape index (κ2) is 20.3. The number of rotatable bonds is 26. The van der Waals surface area contributed by atoms with Crippen LogP contribution in [-0.4, -0.2) is 211 Å². The van der Waals surface area contributed by atoms with Gasteiger partial charge in [0.25, 0.3) is 0 Å². The Morgan fingerprint density at radius 2 is 0.593 bits per heavy atom. The number of amides is 4. The third-order valence-electron chi connectivity index (χ3n) is 12.1. The molecule has 24 heteroatoms. The maximum Gasteiger partial charge on any atom is 0.331 e. The molecule has 0 heterocycles. The first-order valence-corrected chi connectivity index (χ1v) is 18.8. The number of carbonyl (C=O) groups is 6. The Bertz CT molecular complexity index is 1280. The fourth-order valence-corrected chi connectivity index (χ4v) is 8.09. The SMILES string of the molecule is CCOC(=O)C(C(=O)NC(CO)(CO)CO)(C(=O)NC(CO)(CO)CO)C12CCC(C(C(=O)NC(CO)(CO)CO)(C(=O)NC(CO)(CO)CO)C(=O)OCC)(CC1)C2. The molecule has 0 spiro atoms. The maximum absolute atomic E-state index is 14.9. The predicted octanol–water partition coefficient (Wildman–Crippen LogP) is -8.64. The standard InChI is InChI=1S/C35H60N4O20/c1-3-58-26(56)34(22(52)36-30(10-40,11-41)12-42,23(53)37-31(13-43,14-44)15-45)28-5-7-29(9-28,8-6-28)35(27(57)59-4-2,24(54)38-32(16-46,17-47)18-48)25(55)39-33(19-49,20-50)21-51/h40-51H,3-21H2,1-2H3,(H,36,52)(H,37,53)(H,38,54)(H,39,55). The van der Waals surface area contributed by atoms with Crippen LogP contribution in [0.1, 0.15) is 46.0 Å². The summed E-state index contributed by atoms with van der Waals surface area (Å²) in [5.74, 6) is -9.95. The maximum atomic E-state index is 14.9. The van der Waals surface area contributed by atoms with E-state index in [0.29, 0.717) is 0 Å². The lowest BCUT2D eigenvalue weighted by atomic mass is 9.59. The highest BCUT2D eigenvalue weighted by Crippen LogP contribution is 2.73. The van der Waals surface area contributed by atoms with Crippen LogP contribution in [0.4, 0.5) is 0 Å². The van der Waals surface area contributed by atoms with Gasteiger partial charge in [-0.25, -0.2) is 0 Å². The molecule has 340 valence electrons. The van der Waals surface area contributed by atoms with E-state index in [2.05, 4.69) is 21.3 Å². The molecular weight excluding hydrogens is 796 g/mol. The minimum Gasteiger partial charge on any atom is -0.465 e. The number of carbonyl (C=O) groups excluding carboxylic acids is 6. The number of nitrogens with one attached hydrogen (secondary N) is 4. The molecule has 2 saturated carbocycles. The summed E-state index contributed by atoms with van der Waals surface area (Å²) in [6.45, 7) is -12.7. The zero-order valence-electron chi connectivity index (χ0n) is 33.1. The van der Waals surface area contributed by atoms with Crippen LogP contribution in [0, 0.1) is 21.7 Å². The number of aliphatic hydroxyl groups is 12. The van der Waals surface area contributed by atoms with Crippen LogP contribution < -0.4 is 21.3 Å². The van der Waals surface area contributed by atoms with E-state index in [9.17, 15) is 90.0 Å². The summed E-state index contributed by atoms with van der Waals surface area (Å²) in [4.78, 5) is 88.7. The Hall–Kier alpha value is -3.66.